The molecule has 1 aliphatic carbocycles. The van der Waals surface area contributed by atoms with Gasteiger partial charge in [0.2, 0.25) is 0 Å². The molecule has 1 saturated heterocycles. The summed E-state index contributed by atoms with van der Waals surface area (Å²) in [4.78, 5) is 18.2. The SMILES string of the molecule is CCC(C)C[C@]1(c2ccccc2)CC[C@]2(CC1)CN(Cc1ccc(OC)cc1)C(=O)N2CC(C)(C)C. The molecule has 1 saturated carbocycles. The molecule has 2 fully saturated rings. The number of methoxy groups -OCH3 is 1. The first-order valence-electron chi connectivity index (χ1n) is 13.8. The Morgan fingerprint density at radius 2 is 1.61 bits per heavy atom. The van der Waals surface area contributed by atoms with E-state index in [-0.39, 0.29) is 22.4 Å². The van der Waals surface area contributed by atoms with E-state index in [1.807, 2.05) is 12.1 Å². The van der Waals surface area contributed by atoms with Gasteiger partial charge in [-0.25, -0.2) is 4.79 Å². The highest BCUT2D eigenvalue weighted by atomic mass is 16.5. The summed E-state index contributed by atoms with van der Waals surface area (Å²) in [6.07, 6.45) is 6.87. The Kier molecular flexibility index (Phi) is 7.73. The fraction of sp³-hybridized carbons (Fsp3) is 0.594. The smallest absolute Gasteiger partial charge is 0.320 e. The van der Waals surface area contributed by atoms with Crippen LogP contribution in [0.3, 0.4) is 0 Å². The van der Waals surface area contributed by atoms with Gasteiger partial charge in [-0.2, -0.15) is 0 Å². The summed E-state index contributed by atoms with van der Waals surface area (Å²) in [5, 5.41) is 0. The van der Waals surface area contributed by atoms with Gasteiger partial charge in [-0.05, 0) is 72.1 Å². The Morgan fingerprint density at radius 3 is 2.17 bits per heavy atom. The van der Waals surface area contributed by atoms with E-state index < -0.39 is 0 Å². The molecule has 36 heavy (non-hydrogen) atoms. The van der Waals surface area contributed by atoms with Gasteiger partial charge in [0.05, 0.1) is 12.6 Å². The molecule has 4 rings (SSSR count). The van der Waals surface area contributed by atoms with E-state index in [2.05, 4.69) is 86.9 Å². The summed E-state index contributed by atoms with van der Waals surface area (Å²) < 4.78 is 5.32. The maximum Gasteiger partial charge on any atom is 0.320 e. The van der Waals surface area contributed by atoms with Crippen LogP contribution < -0.4 is 4.74 Å². The fourth-order valence-corrected chi connectivity index (χ4v) is 6.50. The number of nitrogens with zero attached hydrogens (tertiary/aromatic N) is 2. The lowest BCUT2D eigenvalue weighted by molar-refractivity contribution is 0.0590. The highest BCUT2D eigenvalue weighted by Gasteiger charge is 2.54. The molecule has 0 aromatic heterocycles. The molecule has 2 aromatic carbocycles. The summed E-state index contributed by atoms with van der Waals surface area (Å²) in [5.74, 6) is 1.55. The molecule has 2 aliphatic rings. The molecule has 0 bridgehead atoms. The van der Waals surface area contributed by atoms with Crippen LogP contribution in [0.25, 0.3) is 0 Å². The molecule has 0 radical (unpaired) electrons. The quantitative estimate of drug-likeness (QED) is 0.380. The number of carbonyl (C=O) groups excluding carboxylic acids is 1. The van der Waals surface area contributed by atoms with E-state index in [4.69, 9.17) is 4.74 Å². The van der Waals surface area contributed by atoms with Crippen LogP contribution in [0.5, 0.6) is 5.75 Å². The Labute approximate surface area is 219 Å². The average Bonchev–Trinajstić information content (AvgIpc) is 3.11. The number of urea groups is 1. The zero-order valence-corrected chi connectivity index (χ0v) is 23.3. The number of ether oxygens (including phenoxy) is 1. The van der Waals surface area contributed by atoms with Crippen LogP contribution in [0.2, 0.25) is 0 Å². The van der Waals surface area contributed by atoms with Crippen molar-refractivity contribution >= 4 is 6.03 Å². The van der Waals surface area contributed by atoms with Crippen molar-refractivity contribution in [3.05, 3.63) is 65.7 Å². The summed E-state index contributed by atoms with van der Waals surface area (Å²) in [5.41, 5.74) is 2.83. The third-order valence-electron chi connectivity index (χ3n) is 8.68. The Bertz CT molecular complexity index is 1000. The number of hydrogen-bond acceptors (Lipinski definition) is 2. The molecule has 196 valence electrons. The van der Waals surface area contributed by atoms with Crippen LogP contribution in [0.4, 0.5) is 4.79 Å². The minimum atomic E-state index is -0.0788. The monoisotopic (exact) mass is 490 g/mol. The lowest BCUT2D eigenvalue weighted by Crippen LogP contribution is -2.54. The van der Waals surface area contributed by atoms with Crippen molar-refractivity contribution < 1.29 is 9.53 Å². The molecule has 1 atom stereocenters. The van der Waals surface area contributed by atoms with Crippen molar-refractivity contribution in [2.75, 3.05) is 20.2 Å². The third-order valence-corrected chi connectivity index (χ3v) is 8.68. The molecular formula is C32H46N2O2. The van der Waals surface area contributed by atoms with E-state index in [1.54, 1.807) is 7.11 Å². The largest absolute Gasteiger partial charge is 0.497 e. The van der Waals surface area contributed by atoms with E-state index in [9.17, 15) is 4.79 Å². The van der Waals surface area contributed by atoms with Gasteiger partial charge in [-0.3, -0.25) is 0 Å². The Morgan fingerprint density at radius 1 is 0.972 bits per heavy atom. The maximum absolute atomic E-state index is 13.9. The van der Waals surface area contributed by atoms with Crippen molar-refractivity contribution in [3.8, 4) is 5.75 Å². The second-order valence-electron chi connectivity index (χ2n) is 12.7. The van der Waals surface area contributed by atoms with Crippen LogP contribution in [-0.2, 0) is 12.0 Å². The van der Waals surface area contributed by atoms with Gasteiger partial charge >= 0.3 is 6.03 Å². The zero-order valence-electron chi connectivity index (χ0n) is 23.3. The Balaban J connectivity index is 1.60. The van der Waals surface area contributed by atoms with Crippen LogP contribution in [0, 0.1) is 11.3 Å². The molecule has 2 amide bonds. The molecule has 1 heterocycles. The van der Waals surface area contributed by atoms with Gasteiger partial charge in [0.15, 0.2) is 0 Å². The van der Waals surface area contributed by atoms with Gasteiger partial charge in [-0.15, -0.1) is 0 Å². The molecule has 2 aromatic rings. The second kappa shape index (κ2) is 10.5. The van der Waals surface area contributed by atoms with Gasteiger partial charge in [0.25, 0.3) is 0 Å². The average molecular weight is 491 g/mol. The first kappa shape index (κ1) is 26.6. The summed E-state index contributed by atoms with van der Waals surface area (Å²) in [7, 11) is 1.69. The zero-order chi connectivity index (χ0) is 26.0. The van der Waals surface area contributed by atoms with Crippen molar-refractivity contribution in [1.82, 2.24) is 9.80 Å². The topological polar surface area (TPSA) is 32.8 Å². The predicted molar refractivity (Wildman–Crippen MR) is 148 cm³/mol. The molecule has 1 spiro atoms. The van der Waals surface area contributed by atoms with Crippen molar-refractivity contribution in [2.45, 2.75) is 90.6 Å². The minimum Gasteiger partial charge on any atom is -0.497 e. The number of hydrogen-bond donors (Lipinski definition) is 0. The number of benzene rings is 2. The van der Waals surface area contributed by atoms with Gasteiger partial charge in [0.1, 0.15) is 5.75 Å². The van der Waals surface area contributed by atoms with E-state index >= 15 is 0 Å². The normalized spacial score (nSPS) is 25.4. The van der Waals surface area contributed by atoms with Gasteiger partial charge < -0.3 is 14.5 Å². The Hall–Kier alpha value is -2.49. The highest BCUT2D eigenvalue weighted by Crippen LogP contribution is 2.51. The number of rotatable bonds is 8. The van der Waals surface area contributed by atoms with Crippen molar-refractivity contribution in [2.24, 2.45) is 11.3 Å². The maximum atomic E-state index is 13.9. The van der Waals surface area contributed by atoms with E-state index in [1.165, 1.54) is 18.4 Å². The van der Waals surface area contributed by atoms with E-state index in [0.29, 0.717) is 12.5 Å². The fourth-order valence-electron chi connectivity index (χ4n) is 6.50. The molecule has 4 nitrogen and oxygen atoms in total. The van der Waals surface area contributed by atoms with Crippen LogP contribution in [-0.4, -0.2) is 41.6 Å². The molecule has 0 N–H and O–H groups in total. The van der Waals surface area contributed by atoms with Crippen LogP contribution in [0.1, 0.15) is 84.3 Å². The number of carbonyl (C=O) groups is 1. The first-order chi connectivity index (χ1) is 17.1. The first-order valence-corrected chi connectivity index (χ1v) is 13.8. The lowest BCUT2D eigenvalue weighted by Gasteiger charge is -2.50. The summed E-state index contributed by atoms with van der Waals surface area (Å²) in [6, 6.07) is 19.5. The highest BCUT2D eigenvalue weighted by molar-refractivity contribution is 5.78. The molecular weight excluding hydrogens is 444 g/mol. The third kappa shape index (κ3) is 5.58. The van der Waals surface area contributed by atoms with Gasteiger partial charge in [0, 0.05) is 19.6 Å². The second-order valence-corrected chi connectivity index (χ2v) is 12.7. The summed E-state index contributed by atoms with van der Waals surface area (Å²) in [6.45, 7) is 13.7. The molecule has 1 aliphatic heterocycles. The van der Waals surface area contributed by atoms with Crippen LogP contribution in [0.15, 0.2) is 54.6 Å². The minimum absolute atomic E-state index is 0.0590. The van der Waals surface area contributed by atoms with E-state index in [0.717, 1.165) is 50.1 Å². The van der Waals surface area contributed by atoms with Crippen molar-refractivity contribution in [1.29, 1.82) is 0 Å². The van der Waals surface area contributed by atoms with Gasteiger partial charge in [-0.1, -0.05) is 83.5 Å². The van der Waals surface area contributed by atoms with Crippen LogP contribution >= 0.6 is 0 Å². The molecule has 4 heteroatoms. The molecule has 1 unspecified atom stereocenters. The standard InChI is InChI=1S/C32H46N2O2/c1-7-25(2)21-31(27-11-9-8-10-12-27)17-19-32(20-18-31)24-33(29(35)34(32)23-30(3,4)5)22-26-13-15-28(36-6)16-14-26/h8-16,25H,7,17-24H2,1-6H3/t25?,31-,32-. The summed E-state index contributed by atoms with van der Waals surface area (Å²) >= 11 is 0. The predicted octanol–water partition coefficient (Wildman–Crippen LogP) is 7.67. The number of amides is 2. The van der Waals surface area contributed by atoms with Crippen molar-refractivity contribution in [3.63, 3.8) is 0 Å². The lowest BCUT2D eigenvalue weighted by atomic mass is 9.60.